The molecular formula is C18H20FNO. The maximum Gasteiger partial charge on any atom is 0.230 e. The van der Waals surface area contributed by atoms with Gasteiger partial charge in [-0.05, 0) is 44.0 Å². The predicted octanol–water partition coefficient (Wildman–Crippen LogP) is 3.73. The fourth-order valence-corrected chi connectivity index (χ4v) is 2.11. The zero-order valence-electron chi connectivity index (χ0n) is 12.6. The molecule has 2 nitrogen and oxygen atoms in total. The molecule has 1 N–H and O–H groups in total. The van der Waals surface area contributed by atoms with Crippen LogP contribution in [0.5, 0.6) is 0 Å². The van der Waals surface area contributed by atoms with Crippen molar-refractivity contribution in [3.05, 3.63) is 71.0 Å². The van der Waals surface area contributed by atoms with Crippen LogP contribution in [0.1, 0.15) is 30.5 Å². The third-order valence-corrected chi connectivity index (χ3v) is 3.71. The van der Waals surface area contributed by atoms with E-state index < -0.39 is 5.41 Å². The Balaban J connectivity index is 2.04. The molecule has 0 atom stereocenters. The van der Waals surface area contributed by atoms with Gasteiger partial charge in [-0.1, -0.05) is 42.0 Å². The second-order valence-electron chi connectivity index (χ2n) is 5.80. The van der Waals surface area contributed by atoms with Crippen LogP contribution < -0.4 is 5.32 Å². The zero-order chi connectivity index (χ0) is 15.5. The molecule has 1 amide bonds. The number of carbonyl (C=O) groups excluding carboxylic acids is 1. The zero-order valence-corrected chi connectivity index (χ0v) is 12.6. The molecule has 2 aromatic rings. The van der Waals surface area contributed by atoms with E-state index in [1.54, 1.807) is 12.1 Å². The van der Waals surface area contributed by atoms with Crippen molar-refractivity contribution < 1.29 is 9.18 Å². The molecule has 0 saturated carbocycles. The Labute approximate surface area is 125 Å². The molecule has 2 aromatic carbocycles. The molecule has 3 heteroatoms. The van der Waals surface area contributed by atoms with E-state index in [4.69, 9.17) is 0 Å². The lowest BCUT2D eigenvalue weighted by molar-refractivity contribution is -0.125. The van der Waals surface area contributed by atoms with Crippen molar-refractivity contribution in [2.45, 2.75) is 32.7 Å². The number of rotatable bonds is 4. The van der Waals surface area contributed by atoms with Crippen LogP contribution in [0, 0.1) is 12.7 Å². The van der Waals surface area contributed by atoms with E-state index in [1.165, 1.54) is 17.7 Å². The summed E-state index contributed by atoms with van der Waals surface area (Å²) in [6.45, 7) is 6.19. The molecule has 110 valence electrons. The Morgan fingerprint density at radius 3 is 2.19 bits per heavy atom. The molecular weight excluding hydrogens is 265 g/mol. The highest BCUT2D eigenvalue weighted by Crippen LogP contribution is 2.23. The van der Waals surface area contributed by atoms with Crippen molar-refractivity contribution in [2.75, 3.05) is 0 Å². The first-order chi connectivity index (χ1) is 9.89. The second kappa shape index (κ2) is 6.08. The lowest BCUT2D eigenvalue weighted by Gasteiger charge is -2.24. The van der Waals surface area contributed by atoms with Crippen molar-refractivity contribution in [3.8, 4) is 0 Å². The molecule has 0 heterocycles. The summed E-state index contributed by atoms with van der Waals surface area (Å²) < 4.78 is 13.0. The van der Waals surface area contributed by atoms with E-state index >= 15 is 0 Å². The van der Waals surface area contributed by atoms with Crippen LogP contribution in [0.2, 0.25) is 0 Å². The molecule has 2 rings (SSSR count). The second-order valence-corrected chi connectivity index (χ2v) is 5.80. The SMILES string of the molecule is Cc1ccc(CNC(=O)C(C)(C)c2ccc(F)cc2)cc1. The van der Waals surface area contributed by atoms with Gasteiger partial charge in [-0.25, -0.2) is 4.39 Å². The Morgan fingerprint density at radius 2 is 1.62 bits per heavy atom. The maximum atomic E-state index is 13.0. The molecule has 0 spiro atoms. The van der Waals surface area contributed by atoms with Gasteiger partial charge in [-0.3, -0.25) is 4.79 Å². The van der Waals surface area contributed by atoms with Crippen LogP contribution in [0.25, 0.3) is 0 Å². The average Bonchev–Trinajstić information content (AvgIpc) is 2.46. The molecule has 0 aliphatic carbocycles. The predicted molar refractivity (Wildman–Crippen MR) is 82.5 cm³/mol. The molecule has 0 saturated heterocycles. The van der Waals surface area contributed by atoms with Gasteiger partial charge in [0, 0.05) is 6.54 Å². The summed E-state index contributed by atoms with van der Waals surface area (Å²) in [5.41, 5.74) is 2.35. The fraction of sp³-hybridized carbons (Fsp3) is 0.278. The highest BCUT2D eigenvalue weighted by atomic mass is 19.1. The van der Waals surface area contributed by atoms with Crippen molar-refractivity contribution >= 4 is 5.91 Å². The third-order valence-electron chi connectivity index (χ3n) is 3.71. The topological polar surface area (TPSA) is 29.1 Å². The Kier molecular flexibility index (Phi) is 4.41. The number of amides is 1. The van der Waals surface area contributed by atoms with Crippen molar-refractivity contribution in [1.29, 1.82) is 0 Å². The first-order valence-electron chi connectivity index (χ1n) is 6.99. The number of hydrogen-bond donors (Lipinski definition) is 1. The van der Waals surface area contributed by atoms with Crippen LogP contribution in [0.15, 0.2) is 48.5 Å². The van der Waals surface area contributed by atoms with Gasteiger partial charge in [-0.2, -0.15) is 0 Å². The molecule has 21 heavy (non-hydrogen) atoms. The minimum Gasteiger partial charge on any atom is -0.351 e. The summed E-state index contributed by atoms with van der Waals surface area (Å²) in [7, 11) is 0. The molecule has 0 fully saturated rings. The van der Waals surface area contributed by atoms with Crippen LogP contribution in [-0.2, 0) is 16.8 Å². The van der Waals surface area contributed by atoms with Gasteiger partial charge in [0.2, 0.25) is 5.91 Å². The molecule has 0 unspecified atom stereocenters. The average molecular weight is 285 g/mol. The van der Waals surface area contributed by atoms with Gasteiger partial charge >= 0.3 is 0 Å². The Bertz CT molecular complexity index is 615. The summed E-state index contributed by atoms with van der Waals surface area (Å²) in [6, 6.07) is 14.1. The van der Waals surface area contributed by atoms with Gasteiger partial charge in [0.05, 0.1) is 5.41 Å². The molecule has 0 aromatic heterocycles. The van der Waals surface area contributed by atoms with Gasteiger partial charge in [0.1, 0.15) is 5.82 Å². The number of aryl methyl sites for hydroxylation is 1. The minimum atomic E-state index is -0.696. The van der Waals surface area contributed by atoms with E-state index in [9.17, 15) is 9.18 Å². The standard InChI is InChI=1S/C18H20FNO/c1-13-4-6-14(7-5-13)12-20-17(21)18(2,3)15-8-10-16(19)11-9-15/h4-11H,12H2,1-3H3,(H,20,21). The Hall–Kier alpha value is -2.16. The molecule has 0 bridgehead atoms. The Morgan fingerprint density at radius 1 is 1.05 bits per heavy atom. The minimum absolute atomic E-state index is 0.0744. The summed E-state index contributed by atoms with van der Waals surface area (Å²) in [6.07, 6.45) is 0. The van der Waals surface area contributed by atoms with Crippen LogP contribution in [0.4, 0.5) is 4.39 Å². The maximum absolute atomic E-state index is 13.0. The quantitative estimate of drug-likeness (QED) is 0.911. The normalized spacial score (nSPS) is 11.2. The number of nitrogens with one attached hydrogen (secondary N) is 1. The summed E-state index contributed by atoms with van der Waals surface area (Å²) in [4.78, 5) is 12.4. The smallest absolute Gasteiger partial charge is 0.230 e. The molecule has 0 aliphatic rings. The van der Waals surface area contributed by atoms with E-state index in [1.807, 2.05) is 45.0 Å². The van der Waals surface area contributed by atoms with Gasteiger partial charge in [0.15, 0.2) is 0 Å². The first-order valence-corrected chi connectivity index (χ1v) is 6.99. The highest BCUT2D eigenvalue weighted by molar-refractivity contribution is 5.87. The van der Waals surface area contributed by atoms with Crippen molar-refractivity contribution in [1.82, 2.24) is 5.32 Å². The highest BCUT2D eigenvalue weighted by Gasteiger charge is 2.29. The summed E-state index contributed by atoms with van der Waals surface area (Å²) in [5, 5.41) is 2.94. The lowest BCUT2D eigenvalue weighted by Crippen LogP contribution is -2.39. The van der Waals surface area contributed by atoms with Crippen LogP contribution in [-0.4, -0.2) is 5.91 Å². The third kappa shape index (κ3) is 3.69. The first kappa shape index (κ1) is 15.2. The van der Waals surface area contributed by atoms with Gasteiger partial charge in [-0.15, -0.1) is 0 Å². The van der Waals surface area contributed by atoms with Crippen molar-refractivity contribution in [2.24, 2.45) is 0 Å². The van der Waals surface area contributed by atoms with E-state index in [2.05, 4.69) is 5.32 Å². The summed E-state index contributed by atoms with van der Waals surface area (Å²) in [5.74, 6) is -0.371. The summed E-state index contributed by atoms with van der Waals surface area (Å²) >= 11 is 0. The van der Waals surface area contributed by atoms with Crippen molar-refractivity contribution in [3.63, 3.8) is 0 Å². The molecule has 0 radical (unpaired) electrons. The lowest BCUT2D eigenvalue weighted by atomic mass is 9.83. The van der Waals surface area contributed by atoms with Crippen LogP contribution in [0.3, 0.4) is 0 Å². The fourth-order valence-electron chi connectivity index (χ4n) is 2.11. The van der Waals surface area contributed by atoms with E-state index in [-0.39, 0.29) is 11.7 Å². The number of halogens is 1. The number of hydrogen-bond acceptors (Lipinski definition) is 1. The van der Waals surface area contributed by atoms with Gasteiger partial charge in [0.25, 0.3) is 0 Å². The molecule has 0 aliphatic heterocycles. The number of benzene rings is 2. The number of carbonyl (C=O) groups is 1. The van der Waals surface area contributed by atoms with Crippen LogP contribution >= 0.6 is 0 Å². The largest absolute Gasteiger partial charge is 0.351 e. The van der Waals surface area contributed by atoms with Gasteiger partial charge < -0.3 is 5.32 Å². The van der Waals surface area contributed by atoms with E-state index in [0.29, 0.717) is 6.54 Å². The van der Waals surface area contributed by atoms with E-state index in [0.717, 1.165) is 11.1 Å². The monoisotopic (exact) mass is 285 g/mol.